The number of carbonyl (C=O) groups excluding carboxylic acids is 1. The molecule has 0 radical (unpaired) electrons. The Labute approximate surface area is 102 Å². The highest BCUT2D eigenvalue weighted by Gasteiger charge is 2.27. The topological polar surface area (TPSA) is 59.0 Å². The zero-order valence-corrected chi connectivity index (χ0v) is 10.3. The zero-order chi connectivity index (χ0) is 12.1. The lowest BCUT2D eigenvalue weighted by molar-refractivity contribution is -0.123. The first kappa shape index (κ1) is 12.1. The molecule has 5 heteroatoms. The van der Waals surface area contributed by atoms with Gasteiger partial charge in [0.05, 0.1) is 6.33 Å². The molecule has 2 heterocycles. The van der Waals surface area contributed by atoms with Crippen molar-refractivity contribution in [2.24, 2.45) is 0 Å². The molecular weight excluding hydrogens is 216 g/mol. The van der Waals surface area contributed by atoms with Gasteiger partial charge in [-0.15, -0.1) is 0 Å². The second kappa shape index (κ2) is 5.31. The van der Waals surface area contributed by atoms with E-state index in [-0.39, 0.29) is 11.4 Å². The summed E-state index contributed by atoms with van der Waals surface area (Å²) in [6.45, 7) is 4.79. The SMILES string of the molecule is CC1(NC(=O)CCn2ccnc2)CCNCC1. The second-order valence-electron chi connectivity index (χ2n) is 4.91. The molecule has 1 saturated heterocycles. The van der Waals surface area contributed by atoms with Crippen LogP contribution in [0.2, 0.25) is 0 Å². The first-order chi connectivity index (χ1) is 8.18. The minimum atomic E-state index is -0.0305. The van der Waals surface area contributed by atoms with Crippen molar-refractivity contribution in [3.63, 3.8) is 0 Å². The Morgan fingerprint density at radius 1 is 1.53 bits per heavy atom. The van der Waals surface area contributed by atoms with Crippen LogP contribution in [0.4, 0.5) is 0 Å². The lowest BCUT2D eigenvalue weighted by Crippen LogP contribution is -2.52. The Balaban J connectivity index is 1.76. The third kappa shape index (κ3) is 3.56. The van der Waals surface area contributed by atoms with Crippen LogP contribution in [0, 0.1) is 0 Å². The van der Waals surface area contributed by atoms with Crippen molar-refractivity contribution in [1.82, 2.24) is 20.2 Å². The van der Waals surface area contributed by atoms with Gasteiger partial charge in [-0.05, 0) is 32.9 Å². The molecule has 0 atom stereocenters. The Morgan fingerprint density at radius 2 is 2.29 bits per heavy atom. The number of hydrogen-bond donors (Lipinski definition) is 2. The quantitative estimate of drug-likeness (QED) is 0.802. The van der Waals surface area contributed by atoms with Crippen LogP contribution in [0.3, 0.4) is 0 Å². The van der Waals surface area contributed by atoms with Crippen LogP contribution in [0.5, 0.6) is 0 Å². The molecule has 0 saturated carbocycles. The normalized spacial score (nSPS) is 18.9. The van der Waals surface area contributed by atoms with Gasteiger partial charge < -0.3 is 15.2 Å². The summed E-state index contributed by atoms with van der Waals surface area (Å²) < 4.78 is 1.92. The minimum Gasteiger partial charge on any atom is -0.351 e. The van der Waals surface area contributed by atoms with E-state index in [1.54, 1.807) is 12.5 Å². The Kier molecular flexibility index (Phi) is 3.78. The van der Waals surface area contributed by atoms with Gasteiger partial charge in [0.2, 0.25) is 5.91 Å². The van der Waals surface area contributed by atoms with Crippen LogP contribution >= 0.6 is 0 Å². The van der Waals surface area contributed by atoms with Crippen LogP contribution in [-0.4, -0.2) is 34.1 Å². The molecule has 1 amide bonds. The van der Waals surface area contributed by atoms with Gasteiger partial charge in [-0.25, -0.2) is 4.98 Å². The second-order valence-corrected chi connectivity index (χ2v) is 4.91. The highest BCUT2D eigenvalue weighted by molar-refractivity contribution is 5.76. The third-order valence-electron chi connectivity index (χ3n) is 3.30. The van der Waals surface area contributed by atoms with Crippen molar-refractivity contribution in [3.05, 3.63) is 18.7 Å². The van der Waals surface area contributed by atoms with Crippen molar-refractivity contribution in [3.8, 4) is 0 Å². The number of rotatable bonds is 4. The number of aryl methyl sites for hydroxylation is 1. The number of carbonyl (C=O) groups is 1. The van der Waals surface area contributed by atoms with Crippen molar-refractivity contribution >= 4 is 5.91 Å². The number of amides is 1. The molecule has 0 spiro atoms. The highest BCUT2D eigenvalue weighted by atomic mass is 16.1. The number of imidazole rings is 1. The lowest BCUT2D eigenvalue weighted by Gasteiger charge is -2.35. The van der Waals surface area contributed by atoms with E-state index in [4.69, 9.17) is 0 Å². The molecule has 1 aliphatic rings. The molecule has 0 bridgehead atoms. The van der Waals surface area contributed by atoms with Gasteiger partial charge in [-0.3, -0.25) is 4.79 Å². The number of nitrogens with one attached hydrogen (secondary N) is 2. The fourth-order valence-electron chi connectivity index (χ4n) is 2.15. The maximum Gasteiger partial charge on any atom is 0.222 e. The molecule has 5 nitrogen and oxygen atoms in total. The number of nitrogens with zero attached hydrogens (tertiary/aromatic N) is 2. The molecular formula is C12H20N4O. The summed E-state index contributed by atoms with van der Waals surface area (Å²) in [5.41, 5.74) is -0.0305. The Hall–Kier alpha value is -1.36. The maximum atomic E-state index is 11.8. The summed E-state index contributed by atoms with van der Waals surface area (Å²) in [4.78, 5) is 15.8. The van der Waals surface area contributed by atoms with Gasteiger partial charge in [-0.1, -0.05) is 0 Å². The van der Waals surface area contributed by atoms with E-state index in [0.717, 1.165) is 25.9 Å². The first-order valence-corrected chi connectivity index (χ1v) is 6.15. The molecule has 2 rings (SSSR count). The number of piperidine rings is 1. The van der Waals surface area contributed by atoms with E-state index in [1.165, 1.54) is 0 Å². The van der Waals surface area contributed by atoms with E-state index in [1.807, 2.05) is 10.8 Å². The summed E-state index contributed by atoms with van der Waals surface area (Å²) >= 11 is 0. The van der Waals surface area contributed by atoms with Gasteiger partial charge in [0.15, 0.2) is 0 Å². The molecule has 17 heavy (non-hydrogen) atoms. The van der Waals surface area contributed by atoms with E-state index in [2.05, 4.69) is 22.5 Å². The summed E-state index contributed by atoms with van der Waals surface area (Å²) in [6.07, 6.45) is 7.86. The summed E-state index contributed by atoms with van der Waals surface area (Å²) in [5, 5.41) is 6.45. The first-order valence-electron chi connectivity index (χ1n) is 6.15. The average Bonchev–Trinajstić information content (AvgIpc) is 2.79. The standard InChI is InChI=1S/C12H20N4O/c1-12(3-5-13-6-4-12)15-11(17)2-8-16-9-7-14-10-16/h7,9-10,13H,2-6,8H2,1H3,(H,15,17). The largest absolute Gasteiger partial charge is 0.351 e. The van der Waals surface area contributed by atoms with Crippen molar-refractivity contribution < 1.29 is 4.79 Å². The van der Waals surface area contributed by atoms with Crippen LogP contribution in [0.15, 0.2) is 18.7 Å². The Morgan fingerprint density at radius 3 is 2.94 bits per heavy atom. The fourth-order valence-corrected chi connectivity index (χ4v) is 2.15. The lowest BCUT2D eigenvalue weighted by atomic mass is 9.90. The van der Waals surface area contributed by atoms with E-state index >= 15 is 0 Å². The van der Waals surface area contributed by atoms with Gasteiger partial charge in [0.25, 0.3) is 0 Å². The van der Waals surface area contributed by atoms with Gasteiger partial charge >= 0.3 is 0 Å². The van der Waals surface area contributed by atoms with Gasteiger partial charge in [-0.2, -0.15) is 0 Å². The molecule has 1 aromatic heterocycles. The smallest absolute Gasteiger partial charge is 0.222 e. The average molecular weight is 236 g/mol. The summed E-state index contributed by atoms with van der Waals surface area (Å²) in [5.74, 6) is 0.128. The number of hydrogen-bond acceptors (Lipinski definition) is 3. The Bertz CT molecular complexity index is 355. The molecule has 0 aliphatic carbocycles. The van der Waals surface area contributed by atoms with E-state index in [0.29, 0.717) is 13.0 Å². The molecule has 2 N–H and O–H groups in total. The predicted octanol–water partition coefficient (Wildman–Crippen LogP) is 0.531. The van der Waals surface area contributed by atoms with E-state index < -0.39 is 0 Å². The molecule has 94 valence electrons. The summed E-state index contributed by atoms with van der Waals surface area (Å²) in [6, 6.07) is 0. The molecule has 0 aromatic carbocycles. The van der Waals surface area contributed by atoms with Gasteiger partial charge in [0.1, 0.15) is 0 Å². The monoisotopic (exact) mass is 236 g/mol. The maximum absolute atomic E-state index is 11.8. The fraction of sp³-hybridized carbons (Fsp3) is 0.667. The van der Waals surface area contributed by atoms with Gasteiger partial charge in [0, 0.05) is 30.9 Å². The third-order valence-corrected chi connectivity index (χ3v) is 3.30. The number of aromatic nitrogens is 2. The summed E-state index contributed by atoms with van der Waals surface area (Å²) in [7, 11) is 0. The molecule has 1 aliphatic heterocycles. The molecule has 1 aromatic rings. The zero-order valence-electron chi connectivity index (χ0n) is 10.3. The minimum absolute atomic E-state index is 0.0305. The van der Waals surface area contributed by atoms with Crippen molar-refractivity contribution in [1.29, 1.82) is 0 Å². The van der Waals surface area contributed by atoms with Crippen molar-refractivity contribution in [2.75, 3.05) is 13.1 Å². The van der Waals surface area contributed by atoms with Crippen LogP contribution in [0.25, 0.3) is 0 Å². The van der Waals surface area contributed by atoms with E-state index in [9.17, 15) is 4.79 Å². The van der Waals surface area contributed by atoms with Crippen molar-refractivity contribution in [2.45, 2.75) is 38.3 Å². The van der Waals surface area contributed by atoms with Crippen LogP contribution in [-0.2, 0) is 11.3 Å². The van der Waals surface area contributed by atoms with Crippen LogP contribution in [0.1, 0.15) is 26.2 Å². The molecule has 1 fully saturated rings. The predicted molar refractivity (Wildman–Crippen MR) is 65.5 cm³/mol. The molecule has 0 unspecified atom stereocenters. The van der Waals surface area contributed by atoms with Crippen LogP contribution < -0.4 is 10.6 Å². The highest BCUT2D eigenvalue weighted by Crippen LogP contribution is 2.17.